The second-order valence-electron chi connectivity index (χ2n) is 7.16. The molecule has 1 aliphatic carbocycles. The summed E-state index contributed by atoms with van der Waals surface area (Å²) in [6.45, 7) is 8.49. The second-order valence-corrected chi connectivity index (χ2v) is 7.16. The number of carbonyl (C=O) groups is 1. The average molecular weight is 288 g/mol. The Bertz CT molecular complexity index is 494. The lowest BCUT2D eigenvalue weighted by Gasteiger charge is -2.39. The number of anilines is 2. The molecule has 0 aliphatic heterocycles. The molecule has 116 valence electrons. The molecule has 1 aromatic carbocycles. The molecule has 0 heterocycles. The van der Waals surface area contributed by atoms with Crippen molar-refractivity contribution in [2.45, 2.75) is 59.4 Å². The number of benzene rings is 1. The number of amides is 1. The first kappa shape index (κ1) is 15.9. The van der Waals surface area contributed by atoms with Gasteiger partial charge in [0.15, 0.2) is 0 Å². The van der Waals surface area contributed by atoms with Crippen molar-refractivity contribution in [3.63, 3.8) is 0 Å². The van der Waals surface area contributed by atoms with Crippen molar-refractivity contribution in [1.82, 2.24) is 0 Å². The van der Waals surface area contributed by atoms with Gasteiger partial charge in [-0.25, -0.2) is 0 Å². The molecular weight excluding hydrogens is 260 g/mol. The summed E-state index contributed by atoms with van der Waals surface area (Å²) in [7, 11) is 0. The summed E-state index contributed by atoms with van der Waals surface area (Å²) in [6, 6.07) is 8.55. The molecule has 21 heavy (non-hydrogen) atoms. The van der Waals surface area contributed by atoms with E-state index < -0.39 is 0 Å². The van der Waals surface area contributed by atoms with Gasteiger partial charge < -0.3 is 10.6 Å². The van der Waals surface area contributed by atoms with E-state index in [0.717, 1.165) is 11.4 Å². The predicted octanol–water partition coefficient (Wildman–Crippen LogP) is 4.66. The molecule has 3 nitrogen and oxygen atoms in total. The molecule has 1 fully saturated rings. The zero-order chi connectivity index (χ0) is 15.5. The van der Waals surface area contributed by atoms with Crippen molar-refractivity contribution in [2.75, 3.05) is 10.6 Å². The fraction of sp³-hybridized carbons (Fsp3) is 0.611. The van der Waals surface area contributed by atoms with Crippen LogP contribution < -0.4 is 10.6 Å². The summed E-state index contributed by atoms with van der Waals surface area (Å²) in [5, 5.41) is 6.62. The van der Waals surface area contributed by atoms with Crippen molar-refractivity contribution in [1.29, 1.82) is 0 Å². The van der Waals surface area contributed by atoms with Gasteiger partial charge in [0.25, 0.3) is 0 Å². The number of hydrogen-bond acceptors (Lipinski definition) is 2. The molecule has 1 saturated carbocycles. The molecule has 2 rings (SSSR count). The van der Waals surface area contributed by atoms with E-state index in [4.69, 9.17) is 0 Å². The van der Waals surface area contributed by atoms with Crippen LogP contribution in [0, 0.1) is 11.3 Å². The summed E-state index contributed by atoms with van der Waals surface area (Å²) in [5.41, 5.74) is 2.29. The molecule has 0 saturated heterocycles. The fourth-order valence-electron chi connectivity index (χ4n) is 2.94. The van der Waals surface area contributed by atoms with Crippen LogP contribution in [-0.4, -0.2) is 11.9 Å². The molecule has 0 bridgehead atoms. The Labute approximate surface area is 128 Å². The molecule has 2 N–H and O–H groups in total. The van der Waals surface area contributed by atoms with Gasteiger partial charge in [-0.15, -0.1) is 0 Å². The quantitative estimate of drug-likeness (QED) is 0.846. The molecule has 1 aromatic rings. The van der Waals surface area contributed by atoms with Crippen LogP contribution in [0.3, 0.4) is 0 Å². The van der Waals surface area contributed by atoms with E-state index in [-0.39, 0.29) is 11.8 Å². The lowest BCUT2D eigenvalue weighted by atomic mass is 9.73. The Balaban J connectivity index is 2.05. The van der Waals surface area contributed by atoms with Gasteiger partial charge in [0.05, 0.1) is 0 Å². The minimum absolute atomic E-state index is 0.00102. The van der Waals surface area contributed by atoms with Gasteiger partial charge in [0.2, 0.25) is 5.91 Å². The Kier molecular flexibility index (Phi) is 4.92. The number of nitrogens with one attached hydrogen (secondary N) is 2. The Morgan fingerprint density at radius 1 is 1.24 bits per heavy atom. The van der Waals surface area contributed by atoms with Crippen molar-refractivity contribution in [3.05, 3.63) is 24.3 Å². The largest absolute Gasteiger partial charge is 0.382 e. The van der Waals surface area contributed by atoms with Crippen LogP contribution in [0.25, 0.3) is 0 Å². The molecule has 1 aliphatic rings. The molecule has 1 amide bonds. The SMILES string of the molecule is CC(C)C(=O)Nc1cccc(NC2CCCCC2(C)C)c1. The highest BCUT2D eigenvalue weighted by molar-refractivity contribution is 5.92. The summed E-state index contributed by atoms with van der Waals surface area (Å²) in [4.78, 5) is 11.8. The Hall–Kier alpha value is -1.51. The third-order valence-corrected chi connectivity index (χ3v) is 4.50. The zero-order valence-corrected chi connectivity index (χ0v) is 13.7. The lowest BCUT2D eigenvalue weighted by molar-refractivity contribution is -0.118. The molecule has 3 heteroatoms. The summed E-state index contributed by atoms with van der Waals surface area (Å²) in [5.74, 6) is 0.0593. The molecule has 0 spiro atoms. The van der Waals surface area contributed by atoms with E-state index in [9.17, 15) is 4.79 Å². The van der Waals surface area contributed by atoms with E-state index in [2.05, 4.69) is 30.5 Å². The van der Waals surface area contributed by atoms with Crippen LogP contribution in [0.15, 0.2) is 24.3 Å². The maximum atomic E-state index is 11.8. The van der Waals surface area contributed by atoms with Crippen LogP contribution >= 0.6 is 0 Å². The van der Waals surface area contributed by atoms with E-state index in [1.807, 2.05) is 32.0 Å². The Morgan fingerprint density at radius 3 is 2.62 bits per heavy atom. The highest BCUT2D eigenvalue weighted by Crippen LogP contribution is 2.37. The molecule has 1 unspecified atom stereocenters. The average Bonchev–Trinajstić information content (AvgIpc) is 2.41. The van der Waals surface area contributed by atoms with Gasteiger partial charge in [0.1, 0.15) is 0 Å². The van der Waals surface area contributed by atoms with Gasteiger partial charge in [-0.3, -0.25) is 4.79 Å². The van der Waals surface area contributed by atoms with E-state index in [1.165, 1.54) is 25.7 Å². The monoisotopic (exact) mass is 288 g/mol. The van der Waals surface area contributed by atoms with Crippen LogP contribution in [-0.2, 0) is 4.79 Å². The van der Waals surface area contributed by atoms with E-state index in [0.29, 0.717) is 11.5 Å². The standard InChI is InChI=1S/C18H28N2O/c1-13(2)17(21)20-15-9-7-8-14(12-15)19-16-10-5-6-11-18(16,3)4/h7-9,12-13,16,19H,5-6,10-11H2,1-4H3,(H,20,21). The van der Waals surface area contributed by atoms with Gasteiger partial charge in [-0.05, 0) is 36.5 Å². The van der Waals surface area contributed by atoms with Crippen LogP contribution in [0.4, 0.5) is 11.4 Å². The minimum Gasteiger partial charge on any atom is -0.382 e. The summed E-state index contributed by atoms with van der Waals surface area (Å²) >= 11 is 0. The third kappa shape index (κ3) is 4.23. The lowest BCUT2D eigenvalue weighted by Crippen LogP contribution is -2.38. The second kappa shape index (κ2) is 6.50. The smallest absolute Gasteiger partial charge is 0.226 e. The number of rotatable bonds is 4. The van der Waals surface area contributed by atoms with Crippen LogP contribution in [0.2, 0.25) is 0 Å². The first-order valence-corrected chi connectivity index (χ1v) is 8.06. The first-order chi connectivity index (χ1) is 9.88. The molecule has 0 radical (unpaired) electrons. The summed E-state index contributed by atoms with van der Waals surface area (Å²) < 4.78 is 0. The maximum absolute atomic E-state index is 11.8. The zero-order valence-electron chi connectivity index (χ0n) is 13.7. The van der Waals surface area contributed by atoms with Crippen molar-refractivity contribution in [2.24, 2.45) is 11.3 Å². The minimum atomic E-state index is -0.00102. The maximum Gasteiger partial charge on any atom is 0.226 e. The van der Waals surface area contributed by atoms with Gasteiger partial charge in [-0.1, -0.05) is 46.6 Å². The predicted molar refractivity (Wildman–Crippen MR) is 89.6 cm³/mol. The first-order valence-electron chi connectivity index (χ1n) is 8.06. The highest BCUT2D eigenvalue weighted by Gasteiger charge is 2.31. The van der Waals surface area contributed by atoms with Gasteiger partial charge in [-0.2, -0.15) is 0 Å². The van der Waals surface area contributed by atoms with Crippen molar-refractivity contribution in [3.8, 4) is 0 Å². The third-order valence-electron chi connectivity index (χ3n) is 4.50. The van der Waals surface area contributed by atoms with Crippen LogP contribution in [0.5, 0.6) is 0 Å². The summed E-state index contributed by atoms with van der Waals surface area (Å²) in [6.07, 6.45) is 5.12. The normalized spacial score (nSPS) is 21.1. The number of hydrogen-bond donors (Lipinski definition) is 2. The van der Waals surface area contributed by atoms with Crippen molar-refractivity contribution >= 4 is 17.3 Å². The Morgan fingerprint density at radius 2 is 1.95 bits per heavy atom. The highest BCUT2D eigenvalue weighted by atomic mass is 16.1. The number of carbonyl (C=O) groups excluding carboxylic acids is 1. The fourth-order valence-corrected chi connectivity index (χ4v) is 2.94. The topological polar surface area (TPSA) is 41.1 Å². The van der Waals surface area contributed by atoms with Crippen LogP contribution in [0.1, 0.15) is 53.4 Å². The van der Waals surface area contributed by atoms with E-state index in [1.54, 1.807) is 0 Å². The molecule has 0 aromatic heterocycles. The molecule has 1 atom stereocenters. The van der Waals surface area contributed by atoms with E-state index >= 15 is 0 Å². The molecular formula is C18H28N2O. The van der Waals surface area contributed by atoms with Gasteiger partial charge in [0, 0.05) is 23.3 Å². The van der Waals surface area contributed by atoms with Crippen molar-refractivity contribution < 1.29 is 4.79 Å². The van der Waals surface area contributed by atoms with Gasteiger partial charge >= 0.3 is 0 Å².